The first-order valence-corrected chi connectivity index (χ1v) is 9.65. The Morgan fingerprint density at radius 2 is 2.11 bits per heavy atom. The highest BCUT2D eigenvalue weighted by molar-refractivity contribution is 5.91. The molecular weight excluding hydrogens is 354 g/mol. The number of aromatic amines is 1. The summed E-state index contributed by atoms with van der Waals surface area (Å²) in [7, 11) is 0. The maximum Gasteiger partial charge on any atom is 0.271 e. The third kappa shape index (κ3) is 3.88. The van der Waals surface area contributed by atoms with Crippen molar-refractivity contribution in [1.82, 2.24) is 25.6 Å². The minimum Gasteiger partial charge on any atom is -0.356 e. The number of hydrogen-bond donors (Lipinski definition) is 3. The Bertz CT molecular complexity index is 983. The third-order valence-corrected chi connectivity index (χ3v) is 5.11. The van der Waals surface area contributed by atoms with E-state index in [1.165, 1.54) is 29.5 Å². The van der Waals surface area contributed by atoms with Gasteiger partial charge in [-0.2, -0.15) is 0 Å². The molecule has 1 aromatic carbocycles. The van der Waals surface area contributed by atoms with Crippen LogP contribution in [-0.2, 0) is 11.2 Å². The van der Waals surface area contributed by atoms with Gasteiger partial charge in [-0.25, -0.2) is 4.98 Å². The Morgan fingerprint density at radius 3 is 2.96 bits per heavy atom. The summed E-state index contributed by atoms with van der Waals surface area (Å²) in [6, 6.07) is 8.31. The van der Waals surface area contributed by atoms with Crippen molar-refractivity contribution in [3.05, 3.63) is 59.8 Å². The van der Waals surface area contributed by atoms with Crippen molar-refractivity contribution in [3.8, 4) is 0 Å². The number of amides is 2. The van der Waals surface area contributed by atoms with Crippen LogP contribution in [0.25, 0.3) is 10.9 Å². The van der Waals surface area contributed by atoms with E-state index in [9.17, 15) is 9.59 Å². The van der Waals surface area contributed by atoms with E-state index in [-0.39, 0.29) is 23.6 Å². The molecule has 2 aromatic heterocycles. The number of H-pyrrole nitrogens is 1. The lowest BCUT2D eigenvalue weighted by atomic mass is 9.91. The van der Waals surface area contributed by atoms with Crippen LogP contribution >= 0.6 is 0 Å². The van der Waals surface area contributed by atoms with Crippen LogP contribution < -0.4 is 10.6 Å². The van der Waals surface area contributed by atoms with E-state index < -0.39 is 0 Å². The van der Waals surface area contributed by atoms with E-state index in [0.29, 0.717) is 19.4 Å². The molecule has 4 rings (SSSR count). The van der Waals surface area contributed by atoms with Crippen molar-refractivity contribution < 1.29 is 9.59 Å². The van der Waals surface area contributed by atoms with Crippen LogP contribution in [0.3, 0.4) is 0 Å². The lowest BCUT2D eigenvalue weighted by molar-refractivity contribution is -0.122. The van der Waals surface area contributed by atoms with Gasteiger partial charge in [0.2, 0.25) is 5.91 Å². The van der Waals surface area contributed by atoms with Gasteiger partial charge < -0.3 is 15.6 Å². The summed E-state index contributed by atoms with van der Waals surface area (Å²) >= 11 is 0. The number of para-hydroxylation sites is 1. The van der Waals surface area contributed by atoms with Gasteiger partial charge in [-0.15, -0.1) is 0 Å². The Kier molecular flexibility index (Phi) is 5.32. The Balaban J connectivity index is 1.29. The molecule has 0 unspecified atom stereocenters. The summed E-state index contributed by atoms with van der Waals surface area (Å²) in [6.45, 7) is 0.422. The number of nitrogens with zero attached hydrogens (tertiary/aromatic N) is 2. The van der Waals surface area contributed by atoms with Crippen molar-refractivity contribution in [2.75, 3.05) is 6.54 Å². The second kappa shape index (κ2) is 8.21. The number of hydrogen-bond acceptors (Lipinski definition) is 4. The first-order valence-electron chi connectivity index (χ1n) is 9.65. The van der Waals surface area contributed by atoms with Gasteiger partial charge in [0.1, 0.15) is 5.69 Å². The van der Waals surface area contributed by atoms with Crippen LogP contribution in [0.1, 0.15) is 53.5 Å². The van der Waals surface area contributed by atoms with E-state index in [4.69, 9.17) is 0 Å². The van der Waals surface area contributed by atoms with Gasteiger partial charge >= 0.3 is 0 Å². The quantitative estimate of drug-likeness (QED) is 0.575. The highest BCUT2D eigenvalue weighted by Crippen LogP contribution is 2.34. The number of benzene rings is 1. The number of aryl methyl sites for hydroxylation is 1. The monoisotopic (exact) mass is 377 g/mol. The zero-order chi connectivity index (χ0) is 19.3. The van der Waals surface area contributed by atoms with E-state index in [1.54, 1.807) is 0 Å². The maximum absolute atomic E-state index is 12.4. The van der Waals surface area contributed by atoms with E-state index >= 15 is 0 Å². The van der Waals surface area contributed by atoms with E-state index in [2.05, 4.69) is 37.7 Å². The van der Waals surface area contributed by atoms with Crippen LogP contribution in [0.2, 0.25) is 0 Å². The highest BCUT2D eigenvalue weighted by Gasteiger charge is 2.25. The molecule has 2 amide bonds. The molecule has 7 heteroatoms. The number of fused-ring (bicyclic) bond motifs is 3. The fourth-order valence-electron chi connectivity index (χ4n) is 3.78. The number of aromatic nitrogens is 3. The van der Waals surface area contributed by atoms with Gasteiger partial charge in [0.15, 0.2) is 0 Å². The van der Waals surface area contributed by atoms with Gasteiger partial charge in [-0.1, -0.05) is 18.2 Å². The Labute approximate surface area is 163 Å². The van der Waals surface area contributed by atoms with Crippen LogP contribution in [0, 0.1) is 0 Å². The Hall–Kier alpha value is -3.22. The zero-order valence-electron chi connectivity index (χ0n) is 15.6. The smallest absolute Gasteiger partial charge is 0.271 e. The molecule has 3 aromatic rings. The average Bonchev–Trinajstić information content (AvgIpc) is 3.12. The minimum atomic E-state index is -0.275. The molecule has 0 saturated heterocycles. The molecule has 1 aliphatic carbocycles. The Morgan fingerprint density at radius 1 is 1.21 bits per heavy atom. The molecule has 0 aliphatic heterocycles. The number of carbonyl (C=O) groups excluding carboxylic acids is 2. The summed E-state index contributed by atoms with van der Waals surface area (Å²) in [5.41, 5.74) is 3.86. The SMILES string of the molecule is O=C(CCCNC(=O)c1cnccn1)N[C@@H]1CCCc2c1[nH]c1ccccc21. The maximum atomic E-state index is 12.4. The first kappa shape index (κ1) is 18.2. The lowest BCUT2D eigenvalue weighted by Crippen LogP contribution is -2.32. The molecule has 0 bridgehead atoms. The predicted molar refractivity (Wildman–Crippen MR) is 106 cm³/mol. The molecule has 0 radical (unpaired) electrons. The number of nitrogens with one attached hydrogen (secondary N) is 3. The molecule has 0 spiro atoms. The van der Waals surface area contributed by atoms with Gasteiger partial charge in [-0.05, 0) is 37.3 Å². The molecule has 0 saturated carbocycles. The van der Waals surface area contributed by atoms with Gasteiger partial charge in [-0.3, -0.25) is 14.6 Å². The lowest BCUT2D eigenvalue weighted by Gasteiger charge is -2.24. The molecule has 3 N–H and O–H groups in total. The van der Waals surface area contributed by atoms with E-state index in [0.717, 1.165) is 30.5 Å². The van der Waals surface area contributed by atoms with Gasteiger partial charge in [0, 0.05) is 42.0 Å². The molecule has 0 fully saturated rings. The fraction of sp³-hybridized carbons (Fsp3) is 0.333. The van der Waals surface area contributed by atoms with Gasteiger partial charge in [0.05, 0.1) is 12.2 Å². The summed E-state index contributed by atoms with van der Waals surface area (Å²) < 4.78 is 0. The molecule has 2 heterocycles. The largest absolute Gasteiger partial charge is 0.356 e. The highest BCUT2D eigenvalue weighted by atomic mass is 16.2. The second-order valence-electron chi connectivity index (χ2n) is 7.03. The predicted octanol–water partition coefficient (Wildman–Crippen LogP) is 2.66. The molecule has 1 atom stereocenters. The van der Waals surface area contributed by atoms with Crippen LogP contribution in [0.15, 0.2) is 42.9 Å². The summed E-state index contributed by atoms with van der Waals surface area (Å²) in [5, 5.41) is 7.17. The third-order valence-electron chi connectivity index (χ3n) is 5.11. The number of carbonyl (C=O) groups is 2. The van der Waals surface area contributed by atoms with Crippen LogP contribution in [0.5, 0.6) is 0 Å². The summed E-state index contributed by atoms with van der Waals surface area (Å²) in [5.74, 6) is -0.270. The standard InChI is InChI=1S/C21H23N5O2/c27-19(9-4-10-24-21(28)18-13-22-11-12-23-18)25-17-8-3-6-15-14-5-1-2-7-16(14)26-20(15)17/h1-2,5,7,11-13,17,26H,3-4,6,8-10H2,(H,24,28)(H,25,27)/t17-/m1/s1. The topological polar surface area (TPSA) is 99.8 Å². The second-order valence-corrected chi connectivity index (χ2v) is 7.03. The number of rotatable bonds is 6. The molecule has 7 nitrogen and oxygen atoms in total. The average molecular weight is 377 g/mol. The van der Waals surface area contributed by atoms with Crippen molar-refractivity contribution in [1.29, 1.82) is 0 Å². The van der Waals surface area contributed by atoms with E-state index in [1.807, 2.05) is 12.1 Å². The van der Waals surface area contributed by atoms with Crippen molar-refractivity contribution in [2.24, 2.45) is 0 Å². The van der Waals surface area contributed by atoms with Crippen molar-refractivity contribution in [3.63, 3.8) is 0 Å². The zero-order valence-corrected chi connectivity index (χ0v) is 15.6. The van der Waals surface area contributed by atoms with Crippen molar-refractivity contribution >= 4 is 22.7 Å². The fourth-order valence-corrected chi connectivity index (χ4v) is 3.78. The molecule has 1 aliphatic rings. The normalized spacial score (nSPS) is 15.8. The molecule has 28 heavy (non-hydrogen) atoms. The molecular formula is C21H23N5O2. The summed E-state index contributed by atoms with van der Waals surface area (Å²) in [6.07, 6.45) is 8.40. The van der Waals surface area contributed by atoms with Gasteiger partial charge in [0.25, 0.3) is 5.91 Å². The molecule has 144 valence electrons. The van der Waals surface area contributed by atoms with Crippen molar-refractivity contribution in [2.45, 2.75) is 38.1 Å². The minimum absolute atomic E-state index is 0.00487. The van der Waals surface area contributed by atoms with Crippen LogP contribution in [0.4, 0.5) is 0 Å². The first-order chi connectivity index (χ1) is 13.7. The van der Waals surface area contributed by atoms with Crippen LogP contribution in [-0.4, -0.2) is 33.3 Å². The summed E-state index contributed by atoms with van der Waals surface area (Å²) in [4.78, 5) is 35.6.